The van der Waals surface area contributed by atoms with Crippen molar-refractivity contribution in [2.45, 2.75) is 110 Å². The molecule has 0 aromatic carbocycles. The van der Waals surface area contributed by atoms with Crippen LogP contribution in [-0.4, -0.2) is 36.7 Å². The van der Waals surface area contributed by atoms with E-state index in [1.807, 2.05) is 0 Å². The summed E-state index contributed by atoms with van der Waals surface area (Å²) in [6.07, 6.45) is 20.1. The van der Waals surface area contributed by atoms with Crippen LogP contribution < -0.4 is 0 Å². The molecule has 3 nitrogen and oxygen atoms in total. The van der Waals surface area contributed by atoms with Crippen molar-refractivity contribution in [2.24, 2.45) is 0 Å². The molecular formula is C19H39LiO3. The summed E-state index contributed by atoms with van der Waals surface area (Å²) in [4.78, 5) is 10.1. The molecule has 0 bridgehead atoms. The van der Waals surface area contributed by atoms with Gasteiger partial charge in [-0.2, -0.15) is 0 Å². The van der Waals surface area contributed by atoms with Crippen LogP contribution in [0.25, 0.3) is 0 Å². The number of carboxylic acid groups (broad SMARTS) is 1. The second kappa shape index (κ2) is 21.9. The second-order valence-corrected chi connectivity index (χ2v) is 6.42. The summed E-state index contributed by atoms with van der Waals surface area (Å²) < 4.78 is 4.48. The maximum absolute atomic E-state index is 10.1. The summed E-state index contributed by atoms with van der Waals surface area (Å²) in [7, 11) is 0. The molecule has 23 heavy (non-hydrogen) atoms. The molecule has 0 aromatic heterocycles. The van der Waals surface area contributed by atoms with Crippen molar-refractivity contribution in [1.29, 1.82) is 0 Å². The molecule has 0 aliphatic heterocycles. The van der Waals surface area contributed by atoms with Gasteiger partial charge >= 0.3 is 25.0 Å². The number of rotatable bonds is 17. The third-order valence-electron chi connectivity index (χ3n) is 4.22. The molecule has 0 atom stereocenters. The van der Waals surface area contributed by atoms with E-state index in [4.69, 9.17) is 5.11 Å². The molecule has 0 fully saturated rings. The molecule has 0 saturated heterocycles. The fourth-order valence-corrected chi connectivity index (χ4v) is 2.81. The zero-order chi connectivity index (χ0) is 16.3. The van der Waals surface area contributed by atoms with Gasteiger partial charge in [-0.05, 0) is 6.42 Å². The molecule has 0 aliphatic carbocycles. The van der Waals surface area contributed by atoms with Crippen LogP contribution >= 0.6 is 0 Å². The molecule has 0 radical (unpaired) electrons. The predicted molar refractivity (Wildman–Crippen MR) is 101 cm³/mol. The summed E-state index contributed by atoms with van der Waals surface area (Å²) >= 11 is 0. The Kier molecular flexibility index (Phi) is 23.9. The summed E-state index contributed by atoms with van der Waals surface area (Å²) in [5.41, 5.74) is 0. The van der Waals surface area contributed by atoms with E-state index in [0.717, 1.165) is 12.8 Å². The fourth-order valence-electron chi connectivity index (χ4n) is 2.81. The predicted octanol–water partition coefficient (Wildman–Crippen LogP) is 6.29. The first kappa shape index (κ1) is 25.1. The van der Waals surface area contributed by atoms with Gasteiger partial charge in [0.1, 0.15) is 0 Å². The summed E-state index contributed by atoms with van der Waals surface area (Å²) in [5, 5.41) is 8.32. The average molecular weight is 322 g/mol. The SMILES string of the molecule is CCCCCCCCCCCCCCCCCCOC(=O)O.[LiH]. The minimum atomic E-state index is -1.15. The summed E-state index contributed by atoms with van der Waals surface area (Å²) in [5.74, 6) is 0. The molecular weight excluding hydrogens is 283 g/mol. The zero-order valence-corrected chi connectivity index (χ0v) is 14.8. The van der Waals surface area contributed by atoms with E-state index in [2.05, 4.69) is 11.7 Å². The normalized spacial score (nSPS) is 10.3. The molecule has 0 heterocycles. The van der Waals surface area contributed by atoms with E-state index in [1.54, 1.807) is 0 Å². The first-order valence-corrected chi connectivity index (χ1v) is 9.63. The molecule has 0 saturated carbocycles. The van der Waals surface area contributed by atoms with Crippen LogP contribution in [0.5, 0.6) is 0 Å². The molecule has 0 unspecified atom stereocenters. The number of hydrogen-bond donors (Lipinski definition) is 1. The van der Waals surface area contributed by atoms with Crippen molar-refractivity contribution >= 4 is 25.0 Å². The Morgan fingerprint density at radius 3 is 1.26 bits per heavy atom. The monoisotopic (exact) mass is 322 g/mol. The number of ether oxygens (including phenoxy) is 1. The van der Waals surface area contributed by atoms with E-state index in [-0.39, 0.29) is 18.9 Å². The third-order valence-corrected chi connectivity index (χ3v) is 4.22. The molecule has 0 aliphatic rings. The van der Waals surface area contributed by atoms with Gasteiger partial charge in [0, 0.05) is 0 Å². The summed E-state index contributed by atoms with van der Waals surface area (Å²) in [6, 6.07) is 0. The van der Waals surface area contributed by atoms with Crippen LogP contribution in [0, 0.1) is 0 Å². The Morgan fingerprint density at radius 2 is 0.957 bits per heavy atom. The van der Waals surface area contributed by atoms with Crippen LogP contribution in [0.15, 0.2) is 0 Å². The average Bonchev–Trinajstić information content (AvgIpc) is 2.50. The molecule has 0 rings (SSSR count). The van der Waals surface area contributed by atoms with Gasteiger partial charge in [0.2, 0.25) is 0 Å². The Hall–Kier alpha value is -0.133. The standard InChI is InChI=1S/C19H38O3.Li.H/c1-2-3-4-5-6-7-8-9-10-11-12-13-14-15-16-17-18-22-19(20)21;;/h2-18H2,1H3,(H,20,21);;. The molecule has 1 N–H and O–H groups in total. The molecule has 0 spiro atoms. The van der Waals surface area contributed by atoms with E-state index >= 15 is 0 Å². The van der Waals surface area contributed by atoms with Gasteiger partial charge in [-0.1, -0.05) is 103 Å². The molecule has 134 valence electrons. The van der Waals surface area contributed by atoms with Gasteiger partial charge < -0.3 is 9.84 Å². The van der Waals surface area contributed by atoms with Crippen molar-refractivity contribution in [3.63, 3.8) is 0 Å². The van der Waals surface area contributed by atoms with Crippen molar-refractivity contribution in [1.82, 2.24) is 0 Å². The fraction of sp³-hybridized carbons (Fsp3) is 0.947. The number of hydrogen-bond acceptors (Lipinski definition) is 2. The molecule has 0 aromatic rings. The van der Waals surface area contributed by atoms with Gasteiger partial charge in [0.15, 0.2) is 0 Å². The Morgan fingerprint density at radius 1 is 0.652 bits per heavy atom. The van der Waals surface area contributed by atoms with Crippen LogP contribution in [0.2, 0.25) is 0 Å². The number of carbonyl (C=O) groups is 1. The third kappa shape index (κ3) is 24.2. The van der Waals surface area contributed by atoms with Gasteiger partial charge in [0.25, 0.3) is 0 Å². The van der Waals surface area contributed by atoms with Crippen LogP contribution in [0.1, 0.15) is 110 Å². The second-order valence-electron chi connectivity index (χ2n) is 6.42. The van der Waals surface area contributed by atoms with E-state index in [1.165, 1.54) is 89.9 Å². The molecule has 0 amide bonds. The number of unbranched alkanes of at least 4 members (excludes halogenated alkanes) is 15. The Labute approximate surface area is 156 Å². The van der Waals surface area contributed by atoms with Gasteiger partial charge in [-0.3, -0.25) is 0 Å². The van der Waals surface area contributed by atoms with Crippen LogP contribution in [0.3, 0.4) is 0 Å². The van der Waals surface area contributed by atoms with E-state index in [9.17, 15) is 4.79 Å². The maximum atomic E-state index is 10.1. The van der Waals surface area contributed by atoms with Gasteiger partial charge in [0.05, 0.1) is 6.61 Å². The minimum absolute atomic E-state index is 0. The van der Waals surface area contributed by atoms with Crippen molar-refractivity contribution in [3.8, 4) is 0 Å². The zero-order valence-electron chi connectivity index (χ0n) is 14.8. The van der Waals surface area contributed by atoms with Crippen molar-refractivity contribution in [2.75, 3.05) is 6.61 Å². The van der Waals surface area contributed by atoms with Crippen molar-refractivity contribution in [3.05, 3.63) is 0 Å². The quantitative estimate of drug-likeness (QED) is 0.194. The Balaban J connectivity index is 0. The Bertz CT molecular complexity index is 235. The van der Waals surface area contributed by atoms with Gasteiger partial charge in [-0.15, -0.1) is 0 Å². The first-order chi connectivity index (χ1) is 10.8. The molecule has 4 heteroatoms. The first-order valence-electron chi connectivity index (χ1n) is 9.63. The van der Waals surface area contributed by atoms with Crippen LogP contribution in [0.4, 0.5) is 4.79 Å². The van der Waals surface area contributed by atoms with E-state index < -0.39 is 6.16 Å². The van der Waals surface area contributed by atoms with E-state index in [0.29, 0.717) is 6.61 Å². The van der Waals surface area contributed by atoms with Gasteiger partial charge in [-0.25, -0.2) is 4.79 Å². The van der Waals surface area contributed by atoms with Crippen molar-refractivity contribution < 1.29 is 14.6 Å². The van der Waals surface area contributed by atoms with Crippen LogP contribution in [-0.2, 0) is 4.74 Å². The summed E-state index contributed by atoms with van der Waals surface area (Å²) in [6.45, 7) is 2.63. The topological polar surface area (TPSA) is 46.5 Å².